The Bertz CT molecular complexity index is 542. The number of nitrogens with one attached hydrogen (secondary N) is 1. The first kappa shape index (κ1) is 10.7. The summed E-state index contributed by atoms with van der Waals surface area (Å²) in [5, 5.41) is 0. The van der Waals surface area contributed by atoms with Crippen molar-refractivity contribution in [1.29, 1.82) is 0 Å². The van der Waals surface area contributed by atoms with Crippen LogP contribution in [0, 0.1) is 0 Å². The monoisotopic (exact) mass is 217 g/mol. The number of H-pyrrole nitrogens is 1. The number of aryl methyl sites for hydroxylation is 1. The van der Waals surface area contributed by atoms with E-state index in [1.807, 2.05) is 6.07 Å². The summed E-state index contributed by atoms with van der Waals surface area (Å²) in [5.74, 6) is 0.899. The molecule has 1 aromatic carbocycles. The maximum absolute atomic E-state index is 11.3. The van der Waals surface area contributed by atoms with Crippen molar-refractivity contribution in [2.24, 2.45) is 0 Å². The molecule has 2 aromatic rings. The van der Waals surface area contributed by atoms with Gasteiger partial charge in [0.15, 0.2) is 5.78 Å². The number of carbonyl (C=O) groups excluding carboxylic acids is 1. The van der Waals surface area contributed by atoms with Gasteiger partial charge in [0.2, 0.25) is 0 Å². The number of rotatable bonds is 3. The summed E-state index contributed by atoms with van der Waals surface area (Å²) in [6.07, 6.45) is 1.92. The molecule has 2 rings (SSSR count). The normalized spacial score (nSPS) is 10.9. The van der Waals surface area contributed by atoms with Crippen LogP contribution in [0.15, 0.2) is 12.1 Å². The fourth-order valence-corrected chi connectivity index (χ4v) is 1.81. The number of hydrogen-bond acceptors (Lipinski definition) is 3. The lowest BCUT2D eigenvalue weighted by Gasteiger charge is -2.01. The van der Waals surface area contributed by atoms with E-state index in [4.69, 9.17) is 5.73 Å². The third-order valence-electron chi connectivity index (χ3n) is 2.61. The number of nitrogens with two attached hydrogens (primary N) is 1. The van der Waals surface area contributed by atoms with E-state index in [2.05, 4.69) is 16.9 Å². The highest BCUT2D eigenvalue weighted by atomic mass is 16.1. The lowest BCUT2D eigenvalue weighted by atomic mass is 10.1. The van der Waals surface area contributed by atoms with Crippen LogP contribution in [0.25, 0.3) is 11.0 Å². The second-order valence-electron chi connectivity index (χ2n) is 3.91. The number of hydrogen-bond donors (Lipinski definition) is 2. The molecule has 0 radical (unpaired) electrons. The summed E-state index contributed by atoms with van der Waals surface area (Å²) in [4.78, 5) is 18.9. The lowest BCUT2D eigenvalue weighted by Crippen LogP contribution is -1.99. The summed E-state index contributed by atoms with van der Waals surface area (Å²) in [5.41, 5.74) is 8.59. The average Bonchev–Trinajstić information content (AvgIpc) is 2.62. The smallest absolute Gasteiger partial charge is 0.161 e. The van der Waals surface area contributed by atoms with Crippen molar-refractivity contribution in [3.05, 3.63) is 23.5 Å². The molecule has 0 aliphatic heterocycles. The molecule has 0 saturated carbocycles. The van der Waals surface area contributed by atoms with Crippen LogP contribution in [0.3, 0.4) is 0 Å². The zero-order valence-electron chi connectivity index (χ0n) is 9.50. The number of aromatic amines is 1. The molecule has 84 valence electrons. The maximum Gasteiger partial charge on any atom is 0.161 e. The Balaban J connectivity index is 2.60. The first-order chi connectivity index (χ1) is 7.63. The van der Waals surface area contributed by atoms with Gasteiger partial charge in [-0.2, -0.15) is 0 Å². The van der Waals surface area contributed by atoms with Gasteiger partial charge in [0, 0.05) is 12.0 Å². The lowest BCUT2D eigenvalue weighted by molar-refractivity contribution is 0.101. The first-order valence-electron chi connectivity index (χ1n) is 5.41. The van der Waals surface area contributed by atoms with Crippen LogP contribution in [0.2, 0.25) is 0 Å². The molecule has 0 unspecified atom stereocenters. The minimum Gasteiger partial charge on any atom is -0.396 e. The zero-order chi connectivity index (χ0) is 11.7. The third-order valence-corrected chi connectivity index (χ3v) is 2.61. The van der Waals surface area contributed by atoms with E-state index >= 15 is 0 Å². The average molecular weight is 217 g/mol. The molecule has 1 heterocycles. The number of nitrogen functional groups attached to an aromatic ring is 1. The van der Waals surface area contributed by atoms with E-state index in [1.165, 1.54) is 6.92 Å². The number of aromatic nitrogens is 2. The molecule has 0 bridgehead atoms. The summed E-state index contributed by atoms with van der Waals surface area (Å²) < 4.78 is 0. The zero-order valence-corrected chi connectivity index (χ0v) is 9.50. The molecule has 4 nitrogen and oxygen atoms in total. The number of nitrogens with zero attached hydrogens (tertiary/aromatic N) is 1. The van der Waals surface area contributed by atoms with Crippen molar-refractivity contribution in [2.75, 3.05) is 5.73 Å². The quantitative estimate of drug-likeness (QED) is 0.612. The van der Waals surface area contributed by atoms with Crippen molar-refractivity contribution in [3.63, 3.8) is 0 Å². The summed E-state index contributed by atoms with van der Waals surface area (Å²) in [6.45, 7) is 3.61. The Morgan fingerprint density at radius 2 is 2.25 bits per heavy atom. The van der Waals surface area contributed by atoms with Gasteiger partial charge in [-0.25, -0.2) is 4.98 Å². The van der Waals surface area contributed by atoms with Gasteiger partial charge >= 0.3 is 0 Å². The number of ketones is 1. The molecule has 0 saturated heterocycles. The van der Waals surface area contributed by atoms with Crippen LogP contribution in [-0.4, -0.2) is 15.8 Å². The number of anilines is 1. The molecule has 0 aliphatic rings. The molecule has 1 aromatic heterocycles. The van der Waals surface area contributed by atoms with Gasteiger partial charge in [-0.05, 0) is 25.5 Å². The second-order valence-corrected chi connectivity index (χ2v) is 3.91. The molecular formula is C12H15N3O. The first-order valence-corrected chi connectivity index (χ1v) is 5.41. The Morgan fingerprint density at radius 3 is 2.88 bits per heavy atom. The van der Waals surface area contributed by atoms with Gasteiger partial charge in [0.1, 0.15) is 5.82 Å². The Morgan fingerprint density at radius 1 is 1.50 bits per heavy atom. The van der Waals surface area contributed by atoms with Crippen LogP contribution >= 0.6 is 0 Å². The molecule has 0 amide bonds. The second kappa shape index (κ2) is 3.96. The molecule has 0 aliphatic carbocycles. The van der Waals surface area contributed by atoms with E-state index < -0.39 is 0 Å². The van der Waals surface area contributed by atoms with Crippen molar-refractivity contribution in [2.45, 2.75) is 26.7 Å². The van der Waals surface area contributed by atoms with Crippen LogP contribution in [0.4, 0.5) is 5.69 Å². The highest BCUT2D eigenvalue weighted by Gasteiger charge is 2.11. The van der Waals surface area contributed by atoms with Gasteiger partial charge in [0.25, 0.3) is 0 Å². The molecule has 3 N–H and O–H groups in total. The number of fused-ring (bicyclic) bond motifs is 1. The fourth-order valence-electron chi connectivity index (χ4n) is 1.81. The predicted molar refractivity (Wildman–Crippen MR) is 64.5 cm³/mol. The standard InChI is InChI=1S/C12H15N3O/c1-3-4-10-14-9-6-5-8(7(2)16)11(13)12(9)15-10/h5-6H,3-4,13H2,1-2H3,(H,14,15). The maximum atomic E-state index is 11.3. The van der Waals surface area contributed by atoms with Crippen molar-refractivity contribution in [3.8, 4) is 0 Å². The van der Waals surface area contributed by atoms with Crippen molar-refractivity contribution < 1.29 is 4.79 Å². The molecule has 16 heavy (non-hydrogen) atoms. The Kier molecular flexibility index (Phi) is 2.64. The van der Waals surface area contributed by atoms with Crippen LogP contribution in [0.1, 0.15) is 36.5 Å². The van der Waals surface area contributed by atoms with E-state index in [1.54, 1.807) is 6.07 Å². The SMILES string of the molecule is CCCc1nc2ccc(C(C)=O)c(N)c2[nH]1. The topological polar surface area (TPSA) is 71.8 Å². The predicted octanol–water partition coefficient (Wildman–Crippen LogP) is 2.30. The number of carbonyl (C=O) groups is 1. The molecule has 4 heteroatoms. The van der Waals surface area contributed by atoms with Gasteiger partial charge in [0.05, 0.1) is 16.7 Å². The molecule has 0 fully saturated rings. The number of Topliss-reactive ketones (excluding diaryl/α,β-unsaturated/α-hetero) is 1. The minimum absolute atomic E-state index is 0.0222. The fraction of sp³-hybridized carbons (Fsp3) is 0.333. The van der Waals surface area contributed by atoms with Gasteiger partial charge in [-0.15, -0.1) is 0 Å². The Labute approximate surface area is 93.9 Å². The van der Waals surface area contributed by atoms with Gasteiger partial charge in [-0.3, -0.25) is 4.79 Å². The molecule has 0 atom stereocenters. The minimum atomic E-state index is -0.0222. The third kappa shape index (κ3) is 1.66. The largest absolute Gasteiger partial charge is 0.396 e. The van der Waals surface area contributed by atoms with E-state index in [0.29, 0.717) is 11.3 Å². The van der Waals surface area contributed by atoms with Gasteiger partial charge in [-0.1, -0.05) is 6.92 Å². The van der Waals surface area contributed by atoms with E-state index in [9.17, 15) is 4.79 Å². The van der Waals surface area contributed by atoms with Crippen LogP contribution < -0.4 is 5.73 Å². The summed E-state index contributed by atoms with van der Waals surface area (Å²) in [7, 11) is 0. The highest BCUT2D eigenvalue weighted by molar-refractivity contribution is 6.05. The molecule has 0 spiro atoms. The van der Waals surface area contributed by atoms with E-state index in [0.717, 1.165) is 29.7 Å². The number of benzene rings is 1. The van der Waals surface area contributed by atoms with Gasteiger partial charge < -0.3 is 10.7 Å². The molecular weight excluding hydrogens is 202 g/mol. The summed E-state index contributed by atoms with van der Waals surface area (Å²) >= 11 is 0. The number of imidazole rings is 1. The van der Waals surface area contributed by atoms with Crippen LogP contribution in [0.5, 0.6) is 0 Å². The van der Waals surface area contributed by atoms with Crippen molar-refractivity contribution in [1.82, 2.24) is 9.97 Å². The highest BCUT2D eigenvalue weighted by Crippen LogP contribution is 2.23. The van der Waals surface area contributed by atoms with Crippen molar-refractivity contribution >= 4 is 22.5 Å². The van der Waals surface area contributed by atoms with E-state index in [-0.39, 0.29) is 5.78 Å². The summed E-state index contributed by atoms with van der Waals surface area (Å²) in [6, 6.07) is 3.56. The van der Waals surface area contributed by atoms with Crippen LogP contribution in [-0.2, 0) is 6.42 Å². The Hall–Kier alpha value is -1.84.